The molecule has 0 atom stereocenters. The van der Waals surface area contributed by atoms with Gasteiger partial charge in [0, 0.05) is 7.05 Å². The Morgan fingerprint density at radius 1 is 1.42 bits per heavy atom. The molecule has 102 valence electrons. The van der Waals surface area contributed by atoms with Crippen molar-refractivity contribution < 1.29 is 12.8 Å². The summed E-state index contributed by atoms with van der Waals surface area (Å²) in [5.74, 6) is -0.573. The summed E-state index contributed by atoms with van der Waals surface area (Å²) in [5.41, 5.74) is -0.395. The first-order valence-electron chi connectivity index (χ1n) is 5.66. The van der Waals surface area contributed by atoms with Gasteiger partial charge < -0.3 is 0 Å². The molecule has 19 heavy (non-hydrogen) atoms. The molecular weight excluding hydrogens is 269 g/mol. The molecule has 0 aromatic heterocycles. The first kappa shape index (κ1) is 13.8. The molecular formula is C12H14FN3O2S. The molecule has 0 radical (unpaired) electrons. The van der Waals surface area contributed by atoms with Crippen molar-refractivity contribution in [2.45, 2.75) is 19.4 Å². The van der Waals surface area contributed by atoms with Crippen molar-refractivity contribution in [2.24, 2.45) is 0 Å². The second-order valence-corrected chi connectivity index (χ2v) is 6.95. The van der Waals surface area contributed by atoms with Crippen LogP contribution in [-0.2, 0) is 10.2 Å². The Kier molecular flexibility index (Phi) is 3.03. The summed E-state index contributed by atoms with van der Waals surface area (Å²) >= 11 is 0. The number of likely N-dealkylation sites (N-methyl/N-ethyl adjacent to an activating group) is 1. The van der Waals surface area contributed by atoms with Crippen LogP contribution in [0, 0.1) is 17.1 Å². The van der Waals surface area contributed by atoms with E-state index in [9.17, 15) is 12.8 Å². The minimum Gasteiger partial charge on any atom is -0.254 e. The Bertz CT molecular complexity index is 664. The Balaban J connectivity index is 2.61. The quantitative estimate of drug-likeness (QED) is 0.784. The van der Waals surface area contributed by atoms with Crippen LogP contribution in [0.2, 0.25) is 0 Å². The largest absolute Gasteiger partial charge is 0.304 e. The second-order valence-electron chi connectivity index (χ2n) is 5.07. The number of halogens is 1. The maximum Gasteiger partial charge on any atom is 0.304 e. The summed E-state index contributed by atoms with van der Waals surface area (Å²) < 4.78 is 40.3. The zero-order valence-corrected chi connectivity index (χ0v) is 11.7. The number of hydrogen-bond acceptors (Lipinski definition) is 3. The predicted molar refractivity (Wildman–Crippen MR) is 69.2 cm³/mol. The van der Waals surface area contributed by atoms with Gasteiger partial charge in [-0.1, -0.05) is 0 Å². The topological polar surface area (TPSA) is 64.4 Å². The van der Waals surface area contributed by atoms with E-state index in [0.717, 1.165) is 16.4 Å². The van der Waals surface area contributed by atoms with Crippen molar-refractivity contribution in [1.29, 1.82) is 5.26 Å². The molecule has 1 heterocycles. The van der Waals surface area contributed by atoms with E-state index >= 15 is 0 Å². The Morgan fingerprint density at radius 3 is 2.53 bits per heavy atom. The van der Waals surface area contributed by atoms with Crippen LogP contribution in [0.25, 0.3) is 0 Å². The highest BCUT2D eigenvalue weighted by molar-refractivity contribution is 7.90. The molecule has 5 nitrogen and oxygen atoms in total. The molecule has 0 saturated carbocycles. The summed E-state index contributed by atoms with van der Waals surface area (Å²) in [6, 6.07) is 5.38. The minimum absolute atomic E-state index is 0.0833. The van der Waals surface area contributed by atoms with E-state index in [1.807, 2.05) is 6.07 Å². The Labute approximate surface area is 112 Å². The number of hydrogen-bond donors (Lipinski definition) is 0. The van der Waals surface area contributed by atoms with Crippen molar-refractivity contribution in [3.8, 4) is 6.07 Å². The molecule has 1 aromatic carbocycles. The fourth-order valence-corrected chi connectivity index (χ4v) is 3.86. The van der Waals surface area contributed by atoms with Gasteiger partial charge in [0.05, 0.1) is 23.3 Å². The third-order valence-corrected chi connectivity index (χ3v) is 5.43. The first-order valence-corrected chi connectivity index (χ1v) is 7.06. The molecule has 1 saturated heterocycles. The number of rotatable bonds is 1. The normalized spacial score (nSPS) is 21.3. The van der Waals surface area contributed by atoms with E-state index in [1.165, 1.54) is 17.4 Å². The van der Waals surface area contributed by atoms with Gasteiger partial charge in [-0.25, -0.2) is 4.39 Å². The summed E-state index contributed by atoms with van der Waals surface area (Å²) in [4.78, 5) is 0. The van der Waals surface area contributed by atoms with Gasteiger partial charge in [-0.3, -0.25) is 4.31 Å². The maximum atomic E-state index is 13.3. The smallest absolute Gasteiger partial charge is 0.254 e. The van der Waals surface area contributed by atoms with Crippen molar-refractivity contribution in [1.82, 2.24) is 4.31 Å². The van der Waals surface area contributed by atoms with Crippen LogP contribution >= 0.6 is 0 Å². The Hall–Kier alpha value is -1.65. The van der Waals surface area contributed by atoms with Gasteiger partial charge in [-0.15, -0.1) is 0 Å². The van der Waals surface area contributed by atoms with Crippen LogP contribution in [0.15, 0.2) is 18.2 Å². The lowest BCUT2D eigenvalue weighted by Crippen LogP contribution is -2.38. The van der Waals surface area contributed by atoms with Gasteiger partial charge in [0.15, 0.2) is 0 Å². The molecule has 1 aromatic rings. The summed E-state index contributed by atoms with van der Waals surface area (Å²) in [6.07, 6.45) is 0. The third kappa shape index (κ3) is 2.07. The lowest BCUT2D eigenvalue weighted by Gasteiger charge is -2.22. The highest BCUT2D eigenvalue weighted by atomic mass is 32.2. The van der Waals surface area contributed by atoms with Crippen LogP contribution in [0.1, 0.15) is 19.4 Å². The third-order valence-electron chi connectivity index (χ3n) is 3.36. The highest BCUT2D eigenvalue weighted by Gasteiger charge is 2.47. The second kappa shape index (κ2) is 4.18. The molecule has 7 heteroatoms. The van der Waals surface area contributed by atoms with Crippen LogP contribution in [0.3, 0.4) is 0 Å². The summed E-state index contributed by atoms with van der Waals surface area (Å²) in [5, 5.41) is 9.03. The Morgan fingerprint density at radius 2 is 2.05 bits per heavy atom. The van der Waals surface area contributed by atoms with Gasteiger partial charge in [0.2, 0.25) is 0 Å². The lowest BCUT2D eigenvalue weighted by molar-refractivity contribution is 0.307. The summed E-state index contributed by atoms with van der Waals surface area (Å²) in [6.45, 7) is 3.72. The van der Waals surface area contributed by atoms with Crippen LogP contribution in [0.5, 0.6) is 0 Å². The fraction of sp³-hybridized carbons (Fsp3) is 0.417. The highest BCUT2D eigenvalue weighted by Crippen LogP contribution is 2.35. The molecule has 0 aliphatic carbocycles. The van der Waals surface area contributed by atoms with E-state index in [-0.39, 0.29) is 17.8 Å². The molecule has 0 bridgehead atoms. The van der Waals surface area contributed by atoms with E-state index < -0.39 is 21.6 Å². The van der Waals surface area contributed by atoms with E-state index in [0.29, 0.717) is 0 Å². The molecule has 0 unspecified atom stereocenters. The van der Waals surface area contributed by atoms with E-state index in [1.54, 1.807) is 13.8 Å². The van der Waals surface area contributed by atoms with Crippen molar-refractivity contribution in [3.63, 3.8) is 0 Å². The number of anilines is 1. The van der Waals surface area contributed by atoms with E-state index in [2.05, 4.69) is 0 Å². The predicted octanol–water partition coefficient (Wildman–Crippen LogP) is 1.47. The zero-order chi connectivity index (χ0) is 14.4. The van der Waals surface area contributed by atoms with Gasteiger partial charge in [0.1, 0.15) is 11.9 Å². The van der Waals surface area contributed by atoms with Crippen molar-refractivity contribution >= 4 is 15.9 Å². The lowest BCUT2D eigenvalue weighted by atomic mass is 10.1. The van der Waals surface area contributed by atoms with Gasteiger partial charge >= 0.3 is 10.2 Å². The number of benzene rings is 1. The minimum atomic E-state index is -3.73. The van der Waals surface area contributed by atoms with Crippen molar-refractivity contribution in [2.75, 3.05) is 17.9 Å². The number of nitrogens with zero attached hydrogens (tertiary/aromatic N) is 3. The SMILES string of the molecule is CN1C(C)(C)CN(c2cc(F)ccc2C#N)S1(=O)=O. The molecule has 1 aliphatic heterocycles. The molecule has 0 spiro atoms. The monoisotopic (exact) mass is 283 g/mol. The molecule has 1 aliphatic rings. The first-order chi connectivity index (χ1) is 8.70. The average molecular weight is 283 g/mol. The molecule has 1 fully saturated rings. The molecule has 2 rings (SSSR count). The molecule has 0 N–H and O–H groups in total. The summed E-state index contributed by atoms with van der Waals surface area (Å²) in [7, 11) is -2.25. The van der Waals surface area contributed by atoms with Gasteiger partial charge in [0.25, 0.3) is 0 Å². The average Bonchev–Trinajstić information content (AvgIpc) is 2.49. The van der Waals surface area contributed by atoms with Gasteiger partial charge in [-0.2, -0.15) is 18.0 Å². The number of nitriles is 1. The van der Waals surface area contributed by atoms with Crippen LogP contribution < -0.4 is 4.31 Å². The van der Waals surface area contributed by atoms with Crippen molar-refractivity contribution in [3.05, 3.63) is 29.6 Å². The fourth-order valence-electron chi connectivity index (χ4n) is 2.01. The maximum absolute atomic E-state index is 13.3. The van der Waals surface area contributed by atoms with Gasteiger partial charge in [-0.05, 0) is 32.0 Å². The zero-order valence-electron chi connectivity index (χ0n) is 10.9. The van der Waals surface area contributed by atoms with E-state index in [4.69, 9.17) is 5.26 Å². The molecule has 0 amide bonds. The van der Waals surface area contributed by atoms with Crippen LogP contribution in [-0.4, -0.2) is 31.9 Å². The standard InChI is InChI=1S/C12H14FN3O2S/c1-12(2)8-16(19(17,18)15(12)3)11-6-10(13)5-4-9(11)7-14/h4-6H,8H2,1-3H3. The van der Waals surface area contributed by atoms with Crippen LogP contribution in [0.4, 0.5) is 10.1 Å².